The van der Waals surface area contributed by atoms with E-state index in [4.69, 9.17) is 0 Å². The number of anilines is 1. The molecule has 5 rings (SSSR count). The third-order valence-electron chi connectivity index (χ3n) is 6.83. The van der Waals surface area contributed by atoms with Crippen LogP contribution in [0.2, 0.25) is 0 Å². The summed E-state index contributed by atoms with van der Waals surface area (Å²) in [5.74, 6) is -3.44. The summed E-state index contributed by atoms with van der Waals surface area (Å²) in [5.41, 5.74) is 0.740. The highest BCUT2D eigenvalue weighted by molar-refractivity contribution is 7.15. The number of pyridine rings is 1. The average molecular weight is 503 g/mol. The average Bonchev–Trinajstić information content (AvgIpc) is 3.44. The minimum absolute atomic E-state index is 0.209. The molecule has 0 radical (unpaired) electrons. The van der Waals surface area contributed by atoms with Crippen molar-refractivity contribution < 1.29 is 18.0 Å². The number of carbonyl (C=O) groups excluding carboxylic acids is 1. The lowest BCUT2D eigenvalue weighted by molar-refractivity contribution is -0.125. The van der Waals surface area contributed by atoms with Crippen LogP contribution in [-0.2, 0) is 16.8 Å². The largest absolute Gasteiger partial charge is 0.368 e. The summed E-state index contributed by atoms with van der Waals surface area (Å²) in [7, 11) is 0. The minimum Gasteiger partial charge on any atom is -0.368 e. The third-order valence-corrected chi connectivity index (χ3v) is 7.85. The molecule has 0 aliphatic heterocycles. The zero-order valence-electron chi connectivity index (χ0n) is 18.9. The Kier molecular flexibility index (Phi) is 6.43. The van der Waals surface area contributed by atoms with E-state index in [9.17, 15) is 18.0 Å². The number of aromatic nitrogens is 4. The quantitative estimate of drug-likeness (QED) is 0.463. The molecule has 2 fully saturated rings. The van der Waals surface area contributed by atoms with Crippen LogP contribution in [0.3, 0.4) is 0 Å². The molecule has 2 aliphatic rings. The first kappa shape index (κ1) is 23.7. The Morgan fingerprint density at radius 2 is 2.00 bits per heavy atom. The van der Waals surface area contributed by atoms with Crippen LogP contribution in [0, 0.1) is 11.7 Å². The lowest BCUT2D eigenvalue weighted by atomic mass is 9.66. The van der Waals surface area contributed by atoms with Crippen molar-refractivity contribution in [3.63, 3.8) is 0 Å². The summed E-state index contributed by atoms with van der Waals surface area (Å²) in [4.78, 5) is 21.6. The van der Waals surface area contributed by atoms with Gasteiger partial charge < -0.3 is 10.6 Å². The number of nitrogens with zero attached hydrogens (tertiary/aromatic N) is 4. The Labute approximate surface area is 204 Å². The van der Waals surface area contributed by atoms with Gasteiger partial charge in [0.05, 0.1) is 12.2 Å². The maximum Gasteiger partial charge on any atom is 0.248 e. The lowest BCUT2D eigenvalue weighted by Crippen LogP contribution is -2.42. The molecule has 3 aromatic heterocycles. The van der Waals surface area contributed by atoms with Gasteiger partial charge in [-0.1, -0.05) is 6.42 Å². The molecule has 2 N–H and O–H groups in total. The van der Waals surface area contributed by atoms with Gasteiger partial charge in [0.25, 0.3) is 0 Å². The Balaban J connectivity index is 1.16. The third kappa shape index (κ3) is 5.14. The first-order valence-electron chi connectivity index (χ1n) is 11.6. The van der Waals surface area contributed by atoms with Gasteiger partial charge in [0, 0.05) is 48.0 Å². The van der Waals surface area contributed by atoms with E-state index in [-0.39, 0.29) is 42.9 Å². The molecule has 0 spiro atoms. The number of hydrogen-bond donors (Lipinski definition) is 2. The van der Waals surface area contributed by atoms with Crippen molar-refractivity contribution in [1.82, 2.24) is 25.5 Å². The van der Waals surface area contributed by atoms with Gasteiger partial charge in [-0.3, -0.25) is 9.78 Å². The van der Waals surface area contributed by atoms with Crippen molar-refractivity contribution in [2.45, 2.75) is 56.4 Å². The number of carbonyl (C=O) groups is 1. The van der Waals surface area contributed by atoms with E-state index >= 15 is 0 Å². The first-order valence-corrected chi connectivity index (χ1v) is 12.4. The SMILES string of the molecule is O=C(NCc1cnc(-c2ccc(NCC3(c4ncccc4F)CCC3)nn2)s1)[C@H]1CCC(F)(F)C1. The van der Waals surface area contributed by atoms with Crippen LogP contribution in [0.25, 0.3) is 10.7 Å². The number of hydrogen-bond acceptors (Lipinski definition) is 7. The van der Waals surface area contributed by atoms with Crippen molar-refractivity contribution in [1.29, 1.82) is 0 Å². The van der Waals surface area contributed by atoms with Gasteiger partial charge in [0.15, 0.2) is 0 Å². The molecule has 2 aliphatic carbocycles. The topological polar surface area (TPSA) is 92.7 Å². The fraction of sp³-hybridized carbons (Fsp3) is 0.458. The summed E-state index contributed by atoms with van der Waals surface area (Å²) in [5, 5.41) is 15.1. The second kappa shape index (κ2) is 9.52. The summed E-state index contributed by atoms with van der Waals surface area (Å²) >= 11 is 1.36. The van der Waals surface area contributed by atoms with E-state index < -0.39 is 11.8 Å². The van der Waals surface area contributed by atoms with Crippen LogP contribution in [0.1, 0.15) is 49.1 Å². The highest BCUT2D eigenvalue weighted by Gasteiger charge is 2.43. The number of amides is 1. The monoisotopic (exact) mass is 502 g/mol. The molecule has 0 saturated heterocycles. The smallest absolute Gasteiger partial charge is 0.248 e. The van der Waals surface area contributed by atoms with E-state index in [0.717, 1.165) is 24.1 Å². The van der Waals surface area contributed by atoms with Gasteiger partial charge in [0.1, 0.15) is 22.3 Å². The minimum atomic E-state index is -2.74. The second-order valence-corrected chi connectivity index (χ2v) is 10.4. The predicted octanol–water partition coefficient (Wildman–Crippen LogP) is 4.72. The summed E-state index contributed by atoms with van der Waals surface area (Å²) < 4.78 is 41.0. The molecule has 1 atom stereocenters. The molecule has 0 unspecified atom stereocenters. The molecule has 35 heavy (non-hydrogen) atoms. The van der Waals surface area contributed by atoms with E-state index in [1.54, 1.807) is 30.6 Å². The Morgan fingerprint density at radius 3 is 2.66 bits per heavy atom. The van der Waals surface area contributed by atoms with Crippen molar-refractivity contribution in [2.75, 3.05) is 11.9 Å². The Morgan fingerprint density at radius 1 is 1.14 bits per heavy atom. The van der Waals surface area contributed by atoms with E-state index in [1.165, 1.54) is 17.4 Å². The molecule has 3 heterocycles. The van der Waals surface area contributed by atoms with Crippen molar-refractivity contribution >= 4 is 23.1 Å². The van der Waals surface area contributed by atoms with Crippen LogP contribution in [0.15, 0.2) is 36.7 Å². The number of rotatable bonds is 8. The number of nitrogens with one attached hydrogen (secondary N) is 2. The fourth-order valence-corrected chi connectivity index (χ4v) is 5.49. The first-order chi connectivity index (χ1) is 16.8. The van der Waals surface area contributed by atoms with Crippen LogP contribution in [0.4, 0.5) is 19.0 Å². The molecular formula is C24H25F3N6OS. The molecule has 2 saturated carbocycles. The molecule has 184 valence electrons. The number of halogens is 3. The van der Waals surface area contributed by atoms with Crippen molar-refractivity contribution in [3.8, 4) is 10.7 Å². The number of alkyl halides is 2. The van der Waals surface area contributed by atoms with E-state index in [1.807, 2.05) is 0 Å². The maximum atomic E-state index is 14.3. The molecule has 7 nitrogen and oxygen atoms in total. The molecule has 1 amide bonds. The predicted molar refractivity (Wildman–Crippen MR) is 125 cm³/mol. The zero-order chi connectivity index (χ0) is 24.5. The normalized spacial score (nSPS) is 20.3. The van der Waals surface area contributed by atoms with Gasteiger partial charge in [-0.2, -0.15) is 0 Å². The highest BCUT2D eigenvalue weighted by atomic mass is 32.1. The van der Waals surface area contributed by atoms with Gasteiger partial charge in [-0.25, -0.2) is 18.2 Å². The van der Waals surface area contributed by atoms with Crippen molar-refractivity contribution in [3.05, 3.63) is 53.0 Å². The van der Waals surface area contributed by atoms with Gasteiger partial charge in [0.2, 0.25) is 11.8 Å². The van der Waals surface area contributed by atoms with Crippen LogP contribution in [-0.4, -0.2) is 38.5 Å². The van der Waals surface area contributed by atoms with E-state index in [2.05, 4.69) is 30.8 Å². The van der Waals surface area contributed by atoms with Gasteiger partial charge in [-0.05, 0) is 43.5 Å². The summed E-state index contributed by atoms with van der Waals surface area (Å²) in [6, 6.07) is 6.63. The summed E-state index contributed by atoms with van der Waals surface area (Å²) in [6.45, 7) is 0.751. The van der Waals surface area contributed by atoms with Crippen LogP contribution < -0.4 is 10.6 Å². The van der Waals surface area contributed by atoms with E-state index in [0.29, 0.717) is 28.8 Å². The molecule has 3 aromatic rings. The maximum absolute atomic E-state index is 14.3. The molecule has 0 bridgehead atoms. The Bertz CT molecular complexity index is 1200. The Hall–Kier alpha value is -3.08. The van der Waals surface area contributed by atoms with Crippen LogP contribution in [0.5, 0.6) is 0 Å². The van der Waals surface area contributed by atoms with Crippen LogP contribution >= 0.6 is 11.3 Å². The van der Waals surface area contributed by atoms with Crippen molar-refractivity contribution in [2.24, 2.45) is 5.92 Å². The summed E-state index contributed by atoms with van der Waals surface area (Å²) in [6.07, 6.45) is 5.60. The van der Waals surface area contributed by atoms with Gasteiger partial charge in [-0.15, -0.1) is 21.5 Å². The van der Waals surface area contributed by atoms with Gasteiger partial charge >= 0.3 is 0 Å². The lowest BCUT2D eigenvalue weighted by Gasteiger charge is -2.41. The second-order valence-electron chi connectivity index (χ2n) is 9.27. The molecular weight excluding hydrogens is 477 g/mol. The zero-order valence-corrected chi connectivity index (χ0v) is 19.8. The fourth-order valence-electron chi connectivity index (χ4n) is 4.68. The molecule has 0 aromatic carbocycles. The molecule has 11 heteroatoms. The standard InChI is InChI=1S/C24H25F3N6OS/c25-17-3-1-10-28-20(17)23(7-2-8-23)14-31-19-5-4-18(32-33-19)22-30-13-16(35-22)12-29-21(34)15-6-9-24(26,27)11-15/h1,3-5,10,13,15H,2,6-9,11-12,14H2,(H,29,34)(H,31,33)/t15-/m0/s1. The number of thiazole rings is 1. The highest BCUT2D eigenvalue weighted by Crippen LogP contribution is 2.43.